The van der Waals surface area contributed by atoms with E-state index in [4.69, 9.17) is 16.3 Å². The quantitative estimate of drug-likeness (QED) is 0.240. The Kier molecular flexibility index (Phi) is 6.77. The number of Topliss-reactive ketones (excluding diaryl/α,β-unsaturated/α-hetero) is 1. The minimum atomic E-state index is -0.403. The number of carbonyl (C=O) groups excluding carboxylic acids is 1. The van der Waals surface area contributed by atoms with Crippen molar-refractivity contribution in [1.29, 1.82) is 0 Å². The van der Waals surface area contributed by atoms with E-state index < -0.39 is 5.82 Å². The summed E-state index contributed by atoms with van der Waals surface area (Å²) in [6, 6.07) is 10.0. The number of benzene rings is 1. The molecule has 2 aliphatic carbocycles. The number of nitrogens with zero attached hydrogens (tertiary/aromatic N) is 3. The molecular formula is C24H25ClFN3O2S2. The molecule has 1 aromatic carbocycles. The van der Waals surface area contributed by atoms with E-state index in [0.29, 0.717) is 26.1 Å². The maximum absolute atomic E-state index is 14.1. The van der Waals surface area contributed by atoms with E-state index in [2.05, 4.69) is 21.7 Å². The zero-order valence-corrected chi connectivity index (χ0v) is 20.6. The topological polar surface area (TPSA) is 57.0 Å². The Morgan fingerprint density at radius 2 is 2.12 bits per heavy atom. The Morgan fingerprint density at radius 3 is 2.82 bits per heavy atom. The van der Waals surface area contributed by atoms with Crippen molar-refractivity contribution in [3.05, 3.63) is 57.3 Å². The van der Waals surface area contributed by atoms with E-state index in [-0.39, 0.29) is 29.9 Å². The lowest BCUT2D eigenvalue weighted by Gasteiger charge is -2.30. The minimum Gasteiger partial charge on any atom is -0.483 e. The summed E-state index contributed by atoms with van der Waals surface area (Å²) >= 11 is 8.66. The number of carbonyl (C=O) groups is 1. The molecule has 5 rings (SSSR count). The molecule has 0 aliphatic heterocycles. The number of thioether (sulfide) groups is 1. The fourth-order valence-electron chi connectivity index (χ4n) is 5.36. The van der Waals surface area contributed by atoms with Gasteiger partial charge in [0.1, 0.15) is 6.61 Å². The summed E-state index contributed by atoms with van der Waals surface area (Å²) < 4.78 is 22.5. The summed E-state index contributed by atoms with van der Waals surface area (Å²) in [6.07, 6.45) is 5.13. The molecule has 0 amide bonds. The van der Waals surface area contributed by atoms with Crippen molar-refractivity contribution >= 4 is 40.5 Å². The van der Waals surface area contributed by atoms with Crippen molar-refractivity contribution < 1.29 is 13.9 Å². The maximum Gasteiger partial charge on any atom is 0.192 e. The molecule has 2 aromatic heterocycles. The molecule has 0 radical (unpaired) electrons. The summed E-state index contributed by atoms with van der Waals surface area (Å²) in [5.41, 5.74) is 0. The van der Waals surface area contributed by atoms with Crippen LogP contribution >= 0.6 is 34.7 Å². The normalized spacial score (nSPS) is 22.6. The van der Waals surface area contributed by atoms with Crippen LogP contribution in [0.1, 0.15) is 54.1 Å². The molecule has 0 saturated heterocycles. The highest BCUT2D eigenvalue weighted by atomic mass is 35.5. The van der Waals surface area contributed by atoms with Gasteiger partial charge in [0.15, 0.2) is 28.3 Å². The zero-order valence-electron chi connectivity index (χ0n) is 18.2. The molecule has 2 saturated carbocycles. The smallest absolute Gasteiger partial charge is 0.192 e. The number of aromatic nitrogens is 3. The number of ketones is 1. The molecule has 2 heterocycles. The molecule has 5 nitrogen and oxygen atoms in total. The van der Waals surface area contributed by atoms with Crippen molar-refractivity contribution in [2.75, 3.05) is 5.75 Å². The Morgan fingerprint density at radius 1 is 1.27 bits per heavy atom. The number of ether oxygens (including phenoxy) is 1. The molecule has 4 atom stereocenters. The Bertz CT molecular complexity index is 1150. The first-order chi connectivity index (χ1) is 16.0. The lowest BCUT2D eigenvalue weighted by molar-refractivity contribution is 0.102. The number of hydrogen-bond donors (Lipinski definition) is 0. The van der Waals surface area contributed by atoms with Gasteiger partial charge in [-0.1, -0.05) is 41.9 Å². The van der Waals surface area contributed by atoms with E-state index in [0.717, 1.165) is 11.8 Å². The SMILES string of the molecule is C[C@@H]([C@H]1C[C@H]2CC[C@H]1C2)n1c(COc2ccccc2F)nnc1SCC(=O)c1ccc(Cl)s1. The van der Waals surface area contributed by atoms with E-state index >= 15 is 0 Å². The maximum atomic E-state index is 14.1. The Balaban J connectivity index is 1.36. The van der Waals surface area contributed by atoms with Gasteiger partial charge >= 0.3 is 0 Å². The first-order valence-corrected chi connectivity index (χ1v) is 13.4. The van der Waals surface area contributed by atoms with Crippen LogP contribution in [-0.2, 0) is 6.61 Å². The fourth-order valence-corrected chi connectivity index (χ4v) is 7.36. The second kappa shape index (κ2) is 9.76. The van der Waals surface area contributed by atoms with Crippen LogP contribution in [0.25, 0.3) is 0 Å². The molecule has 2 bridgehead atoms. The third kappa shape index (κ3) is 4.84. The van der Waals surface area contributed by atoms with Crippen molar-refractivity contribution in [3.63, 3.8) is 0 Å². The second-order valence-electron chi connectivity index (χ2n) is 8.88. The highest BCUT2D eigenvalue weighted by molar-refractivity contribution is 7.99. The van der Waals surface area contributed by atoms with Gasteiger partial charge < -0.3 is 4.74 Å². The first-order valence-electron chi connectivity index (χ1n) is 11.2. The molecule has 0 N–H and O–H groups in total. The third-order valence-electron chi connectivity index (χ3n) is 6.93. The second-order valence-corrected chi connectivity index (χ2v) is 11.5. The van der Waals surface area contributed by atoms with Crippen LogP contribution in [0.5, 0.6) is 5.75 Å². The monoisotopic (exact) mass is 505 g/mol. The summed E-state index contributed by atoms with van der Waals surface area (Å²) in [5.74, 6) is 2.81. The summed E-state index contributed by atoms with van der Waals surface area (Å²) in [4.78, 5) is 13.3. The van der Waals surface area contributed by atoms with E-state index in [1.807, 2.05) is 0 Å². The van der Waals surface area contributed by atoms with Crippen molar-refractivity contribution in [1.82, 2.24) is 14.8 Å². The lowest BCUT2D eigenvalue weighted by atomic mass is 9.84. The van der Waals surface area contributed by atoms with Crippen LogP contribution in [0, 0.1) is 23.6 Å². The van der Waals surface area contributed by atoms with Crippen LogP contribution in [-0.4, -0.2) is 26.3 Å². The molecule has 2 aliphatic rings. The van der Waals surface area contributed by atoms with E-state index in [1.165, 1.54) is 54.8 Å². The summed E-state index contributed by atoms with van der Waals surface area (Å²) in [6.45, 7) is 2.33. The van der Waals surface area contributed by atoms with Gasteiger partial charge in [-0.3, -0.25) is 9.36 Å². The van der Waals surface area contributed by atoms with Crippen molar-refractivity contribution in [2.24, 2.45) is 17.8 Å². The molecule has 33 heavy (non-hydrogen) atoms. The van der Waals surface area contributed by atoms with Crippen molar-refractivity contribution in [3.8, 4) is 5.75 Å². The third-order valence-corrected chi connectivity index (χ3v) is 9.14. The molecule has 0 unspecified atom stereocenters. The van der Waals surface area contributed by atoms with E-state index in [1.54, 1.807) is 30.3 Å². The predicted octanol–water partition coefficient (Wildman–Crippen LogP) is 6.68. The van der Waals surface area contributed by atoms with Gasteiger partial charge in [0, 0.05) is 6.04 Å². The van der Waals surface area contributed by atoms with Gasteiger partial charge in [0.25, 0.3) is 0 Å². The fraction of sp³-hybridized carbons (Fsp3) is 0.458. The Hall–Kier alpha value is -1.90. The van der Waals surface area contributed by atoms with Crippen LogP contribution in [0.15, 0.2) is 41.6 Å². The lowest BCUT2D eigenvalue weighted by Crippen LogP contribution is -2.24. The molecule has 0 spiro atoms. The van der Waals surface area contributed by atoms with Crippen LogP contribution in [0.3, 0.4) is 0 Å². The highest BCUT2D eigenvalue weighted by Crippen LogP contribution is 2.52. The standard InChI is InChI=1S/C24H25ClFN3O2S2/c1-14(17-11-15-6-7-16(17)10-15)29-23(12-31-20-5-3-2-4-18(20)26)27-28-24(29)32-13-19(30)21-8-9-22(25)33-21/h2-5,8-9,14-17H,6-7,10-13H2,1H3/t14-,15-,16-,17+/m0/s1. The average molecular weight is 506 g/mol. The number of hydrogen-bond acceptors (Lipinski definition) is 6. The molecule has 3 aromatic rings. The molecule has 9 heteroatoms. The zero-order chi connectivity index (χ0) is 22.9. The molecule has 174 valence electrons. The predicted molar refractivity (Wildman–Crippen MR) is 129 cm³/mol. The Labute approximate surface area is 205 Å². The van der Waals surface area contributed by atoms with Crippen LogP contribution < -0.4 is 4.74 Å². The number of para-hydroxylation sites is 1. The number of halogens is 2. The van der Waals surface area contributed by atoms with Crippen molar-refractivity contribution in [2.45, 2.75) is 50.4 Å². The largest absolute Gasteiger partial charge is 0.483 e. The van der Waals surface area contributed by atoms with Gasteiger partial charge in [-0.25, -0.2) is 4.39 Å². The highest BCUT2D eigenvalue weighted by Gasteiger charge is 2.43. The summed E-state index contributed by atoms with van der Waals surface area (Å²) in [5, 5.41) is 9.49. The van der Waals surface area contributed by atoms with E-state index in [9.17, 15) is 9.18 Å². The average Bonchev–Trinajstić information content (AvgIpc) is 3.60. The van der Waals surface area contributed by atoms with Crippen LogP contribution in [0.2, 0.25) is 4.34 Å². The van der Waals surface area contributed by atoms with Gasteiger partial charge in [0.05, 0.1) is 15.0 Å². The number of rotatable bonds is 9. The first kappa shape index (κ1) is 22.9. The summed E-state index contributed by atoms with van der Waals surface area (Å²) in [7, 11) is 0. The molecule has 2 fully saturated rings. The van der Waals surface area contributed by atoms with Gasteiger partial charge in [-0.2, -0.15) is 0 Å². The van der Waals surface area contributed by atoms with Gasteiger partial charge in [0.2, 0.25) is 0 Å². The number of thiophene rings is 1. The number of fused-ring (bicyclic) bond motifs is 2. The van der Waals surface area contributed by atoms with Gasteiger partial charge in [-0.15, -0.1) is 21.5 Å². The minimum absolute atomic E-state index is 0.0168. The van der Waals surface area contributed by atoms with Gasteiger partial charge in [-0.05, 0) is 68.2 Å². The van der Waals surface area contributed by atoms with Crippen LogP contribution in [0.4, 0.5) is 4.39 Å². The molecular weight excluding hydrogens is 481 g/mol.